The lowest BCUT2D eigenvalue weighted by Gasteiger charge is -2.37. The number of hydrogen-bond donors (Lipinski definition) is 1. The first-order valence-corrected chi connectivity index (χ1v) is 9.05. The van der Waals surface area contributed by atoms with Crippen LogP contribution in [0.15, 0.2) is 79.0 Å². The number of amides is 1. The van der Waals surface area contributed by atoms with E-state index in [4.69, 9.17) is 0 Å². The third-order valence-electron chi connectivity index (χ3n) is 4.98. The van der Waals surface area contributed by atoms with Gasteiger partial charge in [-0.1, -0.05) is 48.5 Å². The highest BCUT2D eigenvalue weighted by Crippen LogP contribution is 2.20. The topological polar surface area (TPSA) is 37.3 Å². The van der Waals surface area contributed by atoms with Crippen molar-refractivity contribution in [3.8, 4) is 0 Å². The number of hydrogen-bond acceptors (Lipinski definition) is 2. The van der Waals surface area contributed by atoms with Gasteiger partial charge in [-0.15, -0.1) is 0 Å². The zero-order valence-electron chi connectivity index (χ0n) is 14.7. The fourth-order valence-corrected chi connectivity index (χ4v) is 3.55. The highest BCUT2D eigenvalue weighted by molar-refractivity contribution is 5.94. The van der Waals surface area contributed by atoms with Crippen LogP contribution in [0.5, 0.6) is 0 Å². The van der Waals surface area contributed by atoms with Crippen LogP contribution in [-0.4, -0.2) is 28.0 Å². The lowest BCUT2D eigenvalue weighted by atomic mass is 10.1. The predicted octanol–water partition coefficient (Wildman–Crippen LogP) is 3.30. The predicted molar refractivity (Wildman–Crippen MR) is 103 cm³/mol. The molecular weight excluding hydrogens is 322 g/mol. The lowest BCUT2D eigenvalue weighted by molar-refractivity contribution is 0.0898. The van der Waals surface area contributed by atoms with Crippen molar-refractivity contribution in [1.82, 2.24) is 14.8 Å². The van der Waals surface area contributed by atoms with Crippen LogP contribution in [-0.2, 0) is 19.6 Å². The summed E-state index contributed by atoms with van der Waals surface area (Å²) in [5.41, 5.74) is 3.33. The molecule has 0 radical (unpaired) electrons. The number of aromatic nitrogens is 1. The van der Waals surface area contributed by atoms with Crippen molar-refractivity contribution in [2.75, 3.05) is 6.54 Å². The van der Waals surface area contributed by atoms with Crippen LogP contribution in [0.4, 0.5) is 0 Å². The standard InChI is InChI=1S/C22H23N3O/c26-22(19-10-5-2-6-11-19)23-14-21-17-24-13-7-12-20(24)16-25(21)15-18-8-3-1-4-9-18/h1-13,21H,14-17H2,(H,23,26). The normalized spacial score (nSPS) is 16.8. The van der Waals surface area contributed by atoms with Crippen molar-refractivity contribution in [3.63, 3.8) is 0 Å². The van der Waals surface area contributed by atoms with Gasteiger partial charge >= 0.3 is 0 Å². The van der Waals surface area contributed by atoms with E-state index in [0.29, 0.717) is 12.1 Å². The number of carbonyl (C=O) groups excluding carboxylic acids is 1. The minimum atomic E-state index is -0.0106. The van der Waals surface area contributed by atoms with Crippen LogP contribution >= 0.6 is 0 Å². The van der Waals surface area contributed by atoms with Gasteiger partial charge in [0.25, 0.3) is 5.91 Å². The molecule has 1 aliphatic rings. The Labute approximate surface area is 154 Å². The maximum atomic E-state index is 12.4. The van der Waals surface area contributed by atoms with Crippen molar-refractivity contribution >= 4 is 5.91 Å². The van der Waals surface area contributed by atoms with Gasteiger partial charge in [0.15, 0.2) is 0 Å². The van der Waals surface area contributed by atoms with Crippen molar-refractivity contribution in [2.24, 2.45) is 0 Å². The molecule has 1 aromatic heterocycles. The Morgan fingerprint density at radius 1 is 0.962 bits per heavy atom. The van der Waals surface area contributed by atoms with Crippen molar-refractivity contribution in [2.45, 2.75) is 25.7 Å². The second-order valence-electron chi connectivity index (χ2n) is 6.77. The monoisotopic (exact) mass is 345 g/mol. The summed E-state index contributed by atoms with van der Waals surface area (Å²) in [4.78, 5) is 14.9. The van der Waals surface area contributed by atoms with Gasteiger partial charge in [0.1, 0.15) is 0 Å². The molecular formula is C22H23N3O. The molecule has 1 aliphatic heterocycles. The number of carbonyl (C=O) groups is 1. The molecule has 26 heavy (non-hydrogen) atoms. The summed E-state index contributed by atoms with van der Waals surface area (Å²) >= 11 is 0. The maximum absolute atomic E-state index is 12.4. The molecule has 1 amide bonds. The van der Waals surface area contributed by atoms with Crippen LogP contribution in [0.1, 0.15) is 21.6 Å². The molecule has 0 fully saturated rings. The van der Waals surface area contributed by atoms with E-state index in [2.05, 4.69) is 57.4 Å². The molecule has 1 N–H and O–H groups in total. The maximum Gasteiger partial charge on any atom is 0.251 e. The molecule has 4 heteroatoms. The summed E-state index contributed by atoms with van der Waals surface area (Å²) in [6.07, 6.45) is 2.13. The SMILES string of the molecule is O=C(NCC1Cn2cccc2CN1Cc1ccccc1)c1ccccc1. The highest BCUT2D eigenvalue weighted by Gasteiger charge is 2.26. The van der Waals surface area contributed by atoms with E-state index in [1.54, 1.807) is 0 Å². The van der Waals surface area contributed by atoms with Crippen LogP contribution in [0.3, 0.4) is 0 Å². The third-order valence-corrected chi connectivity index (χ3v) is 4.98. The Morgan fingerprint density at radius 3 is 2.46 bits per heavy atom. The van der Waals surface area contributed by atoms with E-state index in [-0.39, 0.29) is 11.9 Å². The molecule has 1 atom stereocenters. The molecule has 1 unspecified atom stereocenters. The summed E-state index contributed by atoms with van der Waals surface area (Å²) in [5, 5.41) is 3.11. The van der Waals surface area contributed by atoms with Crippen LogP contribution < -0.4 is 5.32 Å². The minimum Gasteiger partial charge on any atom is -0.350 e. The second-order valence-corrected chi connectivity index (χ2v) is 6.77. The fraction of sp³-hybridized carbons (Fsp3) is 0.227. The zero-order valence-corrected chi connectivity index (χ0v) is 14.7. The van der Waals surface area contributed by atoms with E-state index in [9.17, 15) is 4.79 Å². The zero-order chi connectivity index (χ0) is 17.8. The Morgan fingerprint density at radius 2 is 1.69 bits per heavy atom. The molecule has 132 valence electrons. The molecule has 0 bridgehead atoms. The average molecular weight is 345 g/mol. The Balaban J connectivity index is 1.47. The van der Waals surface area contributed by atoms with Crippen molar-refractivity contribution in [3.05, 3.63) is 95.8 Å². The van der Waals surface area contributed by atoms with E-state index in [1.165, 1.54) is 11.3 Å². The molecule has 0 saturated carbocycles. The molecule has 0 aliphatic carbocycles. The van der Waals surface area contributed by atoms with Gasteiger partial charge in [0, 0.05) is 49.7 Å². The first kappa shape index (κ1) is 16.6. The number of rotatable bonds is 5. The van der Waals surface area contributed by atoms with Gasteiger partial charge < -0.3 is 9.88 Å². The fourth-order valence-electron chi connectivity index (χ4n) is 3.55. The molecule has 3 aromatic rings. The largest absolute Gasteiger partial charge is 0.350 e. The number of fused-ring (bicyclic) bond motifs is 1. The molecule has 2 aromatic carbocycles. The smallest absolute Gasteiger partial charge is 0.251 e. The molecule has 0 saturated heterocycles. The Bertz CT molecular complexity index is 857. The summed E-state index contributed by atoms with van der Waals surface area (Å²) in [5.74, 6) is -0.0106. The molecule has 4 rings (SSSR count). The van der Waals surface area contributed by atoms with Gasteiger partial charge in [-0.25, -0.2) is 0 Å². The Hall–Kier alpha value is -2.85. The average Bonchev–Trinajstić information content (AvgIpc) is 3.14. The van der Waals surface area contributed by atoms with Gasteiger partial charge in [-0.2, -0.15) is 0 Å². The minimum absolute atomic E-state index is 0.0106. The number of nitrogens with zero attached hydrogens (tertiary/aromatic N) is 2. The van der Waals surface area contributed by atoms with E-state index < -0.39 is 0 Å². The second kappa shape index (κ2) is 7.58. The van der Waals surface area contributed by atoms with E-state index in [0.717, 1.165) is 19.6 Å². The number of nitrogens with one attached hydrogen (secondary N) is 1. The van der Waals surface area contributed by atoms with Gasteiger partial charge in [-0.05, 0) is 29.8 Å². The molecule has 2 heterocycles. The number of benzene rings is 2. The Kier molecular flexibility index (Phi) is 4.84. The van der Waals surface area contributed by atoms with Crippen LogP contribution in [0.25, 0.3) is 0 Å². The van der Waals surface area contributed by atoms with Crippen molar-refractivity contribution < 1.29 is 4.79 Å². The van der Waals surface area contributed by atoms with Crippen molar-refractivity contribution in [1.29, 1.82) is 0 Å². The summed E-state index contributed by atoms with van der Waals surface area (Å²) < 4.78 is 2.29. The summed E-state index contributed by atoms with van der Waals surface area (Å²) in [7, 11) is 0. The highest BCUT2D eigenvalue weighted by atomic mass is 16.1. The molecule has 4 nitrogen and oxygen atoms in total. The van der Waals surface area contributed by atoms with E-state index in [1.807, 2.05) is 36.4 Å². The first-order chi connectivity index (χ1) is 12.8. The summed E-state index contributed by atoms with van der Waals surface area (Å²) in [6, 6.07) is 24.5. The van der Waals surface area contributed by atoms with Gasteiger partial charge in [0.05, 0.1) is 0 Å². The van der Waals surface area contributed by atoms with Crippen LogP contribution in [0.2, 0.25) is 0 Å². The summed E-state index contributed by atoms with van der Waals surface area (Å²) in [6.45, 7) is 3.31. The van der Waals surface area contributed by atoms with Gasteiger partial charge in [0.2, 0.25) is 0 Å². The molecule has 0 spiro atoms. The van der Waals surface area contributed by atoms with E-state index >= 15 is 0 Å². The quantitative estimate of drug-likeness (QED) is 0.770. The van der Waals surface area contributed by atoms with Crippen LogP contribution in [0, 0.1) is 0 Å². The third kappa shape index (κ3) is 3.70. The first-order valence-electron chi connectivity index (χ1n) is 9.05. The van der Waals surface area contributed by atoms with Gasteiger partial charge in [-0.3, -0.25) is 9.69 Å². The lowest BCUT2D eigenvalue weighted by Crippen LogP contribution is -2.48.